The zero-order valence-corrected chi connectivity index (χ0v) is 28.9. The van der Waals surface area contributed by atoms with Crippen LogP contribution < -0.4 is 5.73 Å². The number of rotatable bonds is 6. The zero-order chi connectivity index (χ0) is 38.6. The first kappa shape index (κ1) is 36.9. The second-order valence-corrected chi connectivity index (χ2v) is 12.5. The maximum atomic E-state index is 13.5. The summed E-state index contributed by atoms with van der Waals surface area (Å²) in [5, 5.41) is 8.48. The molecule has 5 aromatic carbocycles. The van der Waals surface area contributed by atoms with Crippen molar-refractivity contribution in [3.8, 4) is 5.69 Å². The molecule has 1 aromatic heterocycles. The first-order valence-corrected chi connectivity index (χ1v) is 17.0. The Kier molecular flexibility index (Phi) is 10.4. The quantitative estimate of drug-likeness (QED) is 0.172. The van der Waals surface area contributed by atoms with Crippen molar-refractivity contribution in [3.63, 3.8) is 0 Å². The summed E-state index contributed by atoms with van der Waals surface area (Å²) in [6.07, 6.45) is -8.89. The molecule has 0 spiro atoms. The lowest BCUT2D eigenvalue weighted by Crippen LogP contribution is -2.14. The van der Waals surface area contributed by atoms with Gasteiger partial charge in [0.15, 0.2) is 11.6 Å². The lowest BCUT2D eigenvalue weighted by Gasteiger charge is -2.16. The van der Waals surface area contributed by atoms with E-state index in [1.165, 1.54) is 12.1 Å². The summed E-state index contributed by atoms with van der Waals surface area (Å²) in [5.41, 5.74) is 9.34. The SMILES string of the molecule is FC(F)(F)c1ccc2c(c1)C(c1ccccc1)=NCc1nnc(COCc3ccccc3)n1-2.NC1=Nc2ccc(C(F)(F)F)cc2C(c2ccccc2)=NC1. The fourth-order valence-corrected chi connectivity index (χ4v) is 6.11. The summed E-state index contributed by atoms with van der Waals surface area (Å²) in [6.45, 7) is 0.879. The number of aliphatic imine (C=N–C) groups is 3. The number of hydrogen-bond donors (Lipinski definition) is 1. The lowest BCUT2D eigenvalue weighted by molar-refractivity contribution is -0.138. The second-order valence-electron chi connectivity index (χ2n) is 12.5. The molecule has 8 nitrogen and oxygen atoms in total. The summed E-state index contributed by atoms with van der Waals surface area (Å²) < 4.78 is 87.1. The molecule has 0 amide bonds. The molecule has 2 aliphatic rings. The van der Waals surface area contributed by atoms with Gasteiger partial charge in [0.1, 0.15) is 19.0 Å². The van der Waals surface area contributed by atoms with E-state index in [1.54, 1.807) is 28.8 Å². The molecule has 8 rings (SSSR count). The van der Waals surface area contributed by atoms with E-state index in [1.807, 2.05) is 66.7 Å². The molecule has 0 atom stereocenters. The van der Waals surface area contributed by atoms with Crippen molar-refractivity contribution in [2.45, 2.75) is 32.1 Å². The van der Waals surface area contributed by atoms with E-state index < -0.39 is 23.5 Å². The number of ether oxygens (including phenoxy) is 1. The molecular weight excluding hydrogens is 720 g/mol. The molecule has 14 heteroatoms. The Hall–Kier alpha value is -6.41. The van der Waals surface area contributed by atoms with Crippen LogP contribution in [-0.2, 0) is 36.8 Å². The number of fused-ring (bicyclic) bond motifs is 4. The number of aromatic nitrogens is 3. The molecule has 0 fully saturated rings. The molecule has 55 heavy (non-hydrogen) atoms. The van der Waals surface area contributed by atoms with Gasteiger partial charge in [-0.15, -0.1) is 10.2 Å². The smallest absolute Gasteiger partial charge is 0.386 e. The van der Waals surface area contributed by atoms with Crippen LogP contribution in [0.25, 0.3) is 5.69 Å². The van der Waals surface area contributed by atoms with Crippen molar-refractivity contribution in [2.75, 3.05) is 6.54 Å². The third-order valence-corrected chi connectivity index (χ3v) is 8.67. The van der Waals surface area contributed by atoms with Gasteiger partial charge in [0.25, 0.3) is 0 Å². The first-order chi connectivity index (χ1) is 26.5. The predicted octanol–water partition coefficient (Wildman–Crippen LogP) is 8.90. The maximum Gasteiger partial charge on any atom is 0.416 e. The van der Waals surface area contributed by atoms with Crippen LogP contribution >= 0.6 is 0 Å². The van der Waals surface area contributed by atoms with E-state index in [-0.39, 0.29) is 25.5 Å². The van der Waals surface area contributed by atoms with Gasteiger partial charge in [0.05, 0.1) is 47.1 Å². The van der Waals surface area contributed by atoms with Gasteiger partial charge in [-0.1, -0.05) is 91.0 Å². The molecule has 0 saturated carbocycles. The number of halogens is 6. The summed E-state index contributed by atoms with van der Waals surface area (Å²) in [5.74, 6) is 1.32. The topological polar surface area (TPSA) is 103 Å². The number of hydrogen-bond acceptors (Lipinski definition) is 7. The Morgan fingerprint density at radius 2 is 1.15 bits per heavy atom. The fraction of sp³-hybridized carbons (Fsp3) is 0.146. The number of amidine groups is 1. The van der Waals surface area contributed by atoms with E-state index in [4.69, 9.17) is 10.5 Å². The average molecular weight is 752 g/mol. The number of nitrogens with two attached hydrogens (primary N) is 1. The number of nitrogens with zero attached hydrogens (tertiary/aromatic N) is 6. The fourth-order valence-electron chi connectivity index (χ4n) is 6.11. The van der Waals surface area contributed by atoms with Crippen molar-refractivity contribution < 1.29 is 31.1 Å². The van der Waals surface area contributed by atoms with E-state index in [0.717, 1.165) is 41.0 Å². The van der Waals surface area contributed by atoms with Crippen molar-refractivity contribution in [2.24, 2.45) is 20.7 Å². The van der Waals surface area contributed by atoms with Gasteiger partial charge in [0, 0.05) is 22.3 Å². The molecule has 0 aliphatic carbocycles. The van der Waals surface area contributed by atoms with Crippen LogP contribution in [0.4, 0.5) is 32.0 Å². The predicted molar refractivity (Wildman–Crippen MR) is 197 cm³/mol. The highest BCUT2D eigenvalue weighted by molar-refractivity contribution is 6.17. The minimum atomic E-state index is -4.47. The van der Waals surface area contributed by atoms with Crippen LogP contribution in [0.1, 0.15) is 50.6 Å². The third kappa shape index (κ3) is 8.39. The van der Waals surface area contributed by atoms with Crippen LogP contribution in [0, 0.1) is 0 Å². The number of benzene rings is 5. The van der Waals surface area contributed by atoms with Gasteiger partial charge < -0.3 is 10.5 Å². The number of alkyl halides is 6. The molecule has 2 aliphatic heterocycles. The average Bonchev–Trinajstić information content (AvgIpc) is 3.39. The van der Waals surface area contributed by atoms with Crippen molar-refractivity contribution in [1.82, 2.24) is 14.8 Å². The highest BCUT2D eigenvalue weighted by Gasteiger charge is 2.34. The molecule has 0 radical (unpaired) electrons. The summed E-state index contributed by atoms with van der Waals surface area (Å²) in [4.78, 5) is 13.1. The summed E-state index contributed by atoms with van der Waals surface area (Å²) in [7, 11) is 0. The molecule has 2 N–H and O–H groups in total. The Balaban J connectivity index is 0.000000184. The largest absolute Gasteiger partial charge is 0.416 e. The first-order valence-electron chi connectivity index (χ1n) is 17.0. The second kappa shape index (κ2) is 15.5. The van der Waals surface area contributed by atoms with E-state index >= 15 is 0 Å². The van der Waals surface area contributed by atoms with Crippen LogP contribution in [0.5, 0.6) is 0 Å². The van der Waals surface area contributed by atoms with E-state index in [0.29, 0.717) is 52.2 Å². The molecule has 278 valence electrons. The van der Waals surface area contributed by atoms with E-state index in [9.17, 15) is 26.3 Å². The molecule has 3 heterocycles. The van der Waals surface area contributed by atoms with Crippen molar-refractivity contribution in [1.29, 1.82) is 0 Å². The Bertz CT molecular complexity index is 2390. The monoisotopic (exact) mass is 751 g/mol. The zero-order valence-electron chi connectivity index (χ0n) is 28.9. The van der Waals surface area contributed by atoms with Gasteiger partial charge in [-0.2, -0.15) is 26.3 Å². The molecular formula is C41H31F6N7O. The van der Waals surface area contributed by atoms with Crippen molar-refractivity contribution in [3.05, 3.63) is 178 Å². The Labute approximate surface area is 311 Å². The van der Waals surface area contributed by atoms with Gasteiger partial charge >= 0.3 is 12.4 Å². The van der Waals surface area contributed by atoms with Crippen LogP contribution in [-0.4, -0.2) is 38.6 Å². The minimum absolute atomic E-state index is 0.153. The van der Waals surface area contributed by atoms with Crippen molar-refractivity contribution >= 4 is 22.9 Å². The van der Waals surface area contributed by atoms with Gasteiger partial charge in [-0.3, -0.25) is 14.6 Å². The van der Waals surface area contributed by atoms with Crippen LogP contribution in [0.3, 0.4) is 0 Å². The van der Waals surface area contributed by atoms with Gasteiger partial charge in [-0.25, -0.2) is 4.99 Å². The third-order valence-electron chi connectivity index (χ3n) is 8.67. The standard InChI is InChI=1S/C25H19F3N4O.C16H12F3N3/c26-25(27,28)19-11-12-21-20(13-19)24(18-9-5-2-6-10-18)29-14-22-30-31-23(32(21)22)16-33-15-17-7-3-1-4-8-17;17-16(18,19)11-6-7-13-12(8-11)15(21-9-14(20)22-13)10-4-2-1-3-5-10/h1-13H,14-16H2;1-8H,9H2,(H2,20,22). The summed E-state index contributed by atoms with van der Waals surface area (Å²) in [6, 6.07) is 35.0. The Morgan fingerprint density at radius 1 is 0.600 bits per heavy atom. The summed E-state index contributed by atoms with van der Waals surface area (Å²) >= 11 is 0. The highest BCUT2D eigenvalue weighted by Crippen LogP contribution is 2.36. The van der Waals surface area contributed by atoms with Gasteiger partial charge in [-0.05, 0) is 42.0 Å². The molecule has 0 bridgehead atoms. The normalized spacial score (nSPS) is 13.7. The molecule has 0 unspecified atom stereocenters. The molecule has 6 aromatic rings. The lowest BCUT2D eigenvalue weighted by atomic mass is 9.98. The van der Waals surface area contributed by atoms with Gasteiger partial charge in [0.2, 0.25) is 0 Å². The highest BCUT2D eigenvalue weighted by atomic mass is 19.4. The molecule has 0 saturated heterocycles. The van der Waals surface area contributed by atoms with Crippen LogP contribution in [0.15, 0.2) is 142 Å². The van der Waals surface area contributed by atoms with Crippen LogP contribution in [0.2, 0.25) is 0 Å². The van der Waals surface area contributed by atoms with E-state index in [2.05, 4.69) is 25.2 Å². The Morgan fingerprint density at radius 3 is 1.76 bits per heavy atom. The minimum Gasteiger partial charge on any atom is -0.386 e. The maximum absolute atomic E-state index is 13.5.